The summed E-state index contributed by atoms with van der Waals surface area (Å²) in [5, 5.41) is 0. The van der Waals surface area contributed by atoms with Crippen LogP contribution in [-0.2, 0) is 11.3 Å². The van der Waals surface area contributed by atoms with Gasteiger partial charge in [-0.15, -0.1) is 0 Å². The van der Waals surface area contributed by atoms with Crippen LogP contribution in [0.1, 0.15) is 12.5 Å². The topological polar surface area (TPSA) is 32.8 Å². The molecule has 126 valence electrons. The van der Waals surface area contributed by atoms with Gasteiger partial charge < -0.3 is 9.64 Å². The first-order chi connectivity index (χ1) is 11.6. The molecule has 2 aromatic carbocycles. The third-order valence-corrected chi connectivity index (χ3v) is 4.49. The summed E-state index contributed by atoms with van der Waals surface area (Å²) in [6.07, 6.45) is 0. The predicted molar refractivity (Wildman–Crippen MR) is 91.6 cm³/mol. The van der Waals surface area contributed by atoms with Crippen LogP contribution in [-0.4, -0.2) is 37.0 Å². The number of halogens is 1. The quantitative estimate of drug-likeness (QED) is 0.865. The molecule has 1 fully saturated rings. The van der Waals surface area contributed by atoms with E-state index in [0.29, 0.717) is 30.9 Å². The summed E-state index contributed by atoms with van der Waals surface area (Å²) in [5.41, 5.74) is 1.39. The Balaban J connectivity index is 1.78. The van der Waals surface area contributed by atoms with Crippen molar-refractivity contribution < 1.29 is 13.9 Å². The number of piperazine rings is 1. The van der Waals surface area contributed by atoms with Gasteiger partial charge >= 0.3 is 0 Å². The van der Waals surface area contributed by atoms with Gasteiger partial charge in [0.1, 0.15) is 11.6 Å². The van der Waals surface area contributed by atoms with Gasteiger partial charge in [-0.05, 0) is 25.1 Å². The lowest BCUT2D eigenvalue weighted by molar-refractivity contribution is -0.125. The van der Waals surface area contributed by atoms with Gasteiger partial charge in [0.2, 0.25) is 5.91 Å². The molecule has 1 unspecified atom stereocenters. The predicted octanol–water partition coefficient (Wildman–Crippen LogP) is 3.07. The highest BCUT2D eigenvalue weighted by molar-refractivity contribution is 5.98. The number of rotatable bonds is 4. The van der Waals surface area contributed by atoms with E-state index < -0.39 is 0 Å². The lowest BCUT2D eigenvalue weighted by Gasteiger charge is -2.39. The normalized spacial score (nSPS) is 18.7. The van der Waals surface area contributed by atoms with E-state index in [0.717, 1.165) is 5.69 Å². The molecule has 1 aliphatic heterocycles. The van der Waals surface area contributed by atoms with E-state index in [4.69, 9.17) is 4.74 Å². The Labute approximate surface area is 141 Å². The maximum absolute atomic E-state index is 13.9. The summed E-state index contributed by atoms with van der Waals surface area (Å²) in [6.45, 7) is 3.53. The van der Waals surface area contributed by atoms with Crippen molar-refractivity contribution in [3.8, 4) is 5.75 Å². The minimum atomic E-state index is -0.316. The number of anilines is 1. The lowest BCUT2D eigenvalue weighted by atomic mass is 10.1. The standard InChI is InChI=1S/C19H21FN2O2/c1-14-19(23)22(17-9-5-6-10-18(17)24-2)12-11-21(14)13-15-7-3-4-8-16(15)20/h3-10,14H,11-13H2,1-2H3. The van der Waals surface area contributed by atoms with Gasteiger partial charge in [-0.25, -0.2) is 4.39 Å². The van der Waals surface area contributed by atoms with E-state index in [1.165, 1.54) is 6.07 Å². The fourth-order valence-electron chi connectivity index (χ4n) is 3.07. The van der Waals surface area contributed by atoms with Crippen LogP contribution in [0.25, 0.3) is 0 Å². The Bertz CT molecular complexity index is 735. The number of benzene rings is 2. The van der Waals surface area contributed by atoms with Gasteiger partial charge in [-0.1, -0.05) is 30.3 Å². The highest BCUT2D eigenvalue weighted by atomic mass is 19.1. The molecule has 3 rings (SSSR count). The molecule has 24 heavy (non-hydrogen) atoms. The molecule has 0 saturated carbocycles. The maximum atomic E-state index is 13.9. The Morgan fingerprint density at radius 1 is 1.12 bits per heavy atom. The van der Waals surface area contributed by atoms with Crippen LogP contribution in [0.4, 0.5) is 10.1 Å². The molecule has 0 radical (unpaired) electrons. The van der Waals surface area contributed by atoms with Crippen LogP contribution in [0, 0.1) is 5.82 Å². The molecule has 1 aliphatic rings. The second kappa shape index (κ2) is 7.01. The summed E-state index contributed by atoms with van der Waals surface area (Å²) in [6, 6.07) is 13.9. The van der Waals surface area contributed by atoms with Crippen LogP contribution in [0.2, 0.25) is 0 Å². The SMILES string of the molecule is COc1ccccc1N1CCN(Cc2ccccc2F)C(C)C1=O. The van der Waals surface area contributed by atoms with Crippen molar-refractivity contribution >= 4 is 11.6 Å². The minimum absolute atomic E-state index is 0.00193. The molecule has 0 N–H and O–H groups in total. The van der Waals surface area contributed by atoms with Gasteiger partial charge in [0.05, 0.1) is 18.8 Å². The number of nitrogens with zero attached hydrogens (tertiary/aromatic N) is 2. The zero-order chi connectivity index (χ0) is 17.1. The van der Waals surface area contributed by atoms with E-state index >= 15 is 0 Å². The average Bonchev–Trinajstić information content (AvgIpc) is 2.61. The van der Waals surface area contributed by atoms with Gasteiger partial charge in [0.25, 0.3) is 0 Å². The number of hydrogen-bond donors (Lipinski definition) is 0. The summed E-state index contributed by atoms with van der Waals surface area (Å²) in [5.74, 6) is 0.451. The van der Waals surface area contributed by atoms with Gasteiger partial charge in [-0.3, -0.25) is 9.69 Å². The molecule has 1 saturated heterocycles. The molecule has 4 nitrogen and oxygen atoms in total. The first-order valence-corrected chi connectivity index (χ1v) is 8.03. The average molecular weight is 328 g/mol. The van der Waals surface area contributed by atoms with Gasteiger partial charge in [0.15, 0.2) is 0 Å². The molecular weight excluding hydrogens is 307 g/mol. The van der Waals surface area contributed by atoms with Crippen molar-refractivity contribution in [3.63, 3.8) is 0 Å². The van der Waals surface area contributed by atoms with Crippen LogP contribution in [0.3, 0.4) is 0 Å². The first kappa shape index (κ1) is 16.5. The zero-order valence-electron chi connectivity index (χ0n) is 13.9. The number of carbonyl (C=O) groups excluding carboxylic acids is 1. The minimum Gasteiger partial charge on any atom is -0.495 e. The maximum Gasteiger partial charge on any atom is 0.244 e. The van der Waals surface area contributed by atoms with Crippen molar-refractivity contribution in [2.24, 2.45) is 0 Å². The molecule has 2 aromatic rings. The molecule has 1 atom stereocenters. The third-order valence-electron chi connectivity index (χ3n) is 4.49. The Morgan fingerprint density at radius 3 is 2.58 bits per heavy atom. The fraction of sp³-hybridized carbons (Fsp3) is 0.316. The monoisotopic (exact) mass is 328 g/mol. The van der Waals surface area contributed by atoms with Crippen molar-refractivity contribution in [1.82, 2.24) is 4.90 Å². The number of carbonyl (C=O) groups is 1. The summed E-state index contributed by atoms with van der Waals surface area (Å²) < 4.78 is 19.2. The Hall–Kier alpha value is -2.40. The third kappa shape index (κ3) is 3.12. The van der Waals surface area contributed by atoms with Gasteiger partial charge in [0, 0.05) is 25.2 Å². The van der Waals surface area contributed by atoms with E-state index in [2.05, 4.69) is 0 Å². The van der Waals surface area contributed by atoms with Crippen molar-refractivity contribution in [2.45, 2.75) is 19.5 Å². The first-order valence-electron chi connectivity index (χ1n) is 8.03. The molecule has 1 heterocycles. The van der Waals surface area contributed by atoms with Crippen molar-refractivity contribution in [2.75, 3.05) is 25.1 Å². The van der Waals surface area contributed by atoms with E-state index in [-0.39, 0.29) is 17.8 Å². The van der Waals surface area contributed by atoms with Crippen LogP contribution >= 0.6 is 0 Å². The van der Waals surface area contributed by atoms with Crippen LogP contribution < -0.4 is 9.64 Å². The molecule has 1 amide bonds. The Morgan fingerprint density at radius 2 is 1.83 bits per heavy atom. The molecule has 0 aromatic heterocycles. The summed E-state index contributed by atoms with van der Waals surface area (Å²) >= 11 is 0. The Kier molecular flexibility index (Phi) is 4.81. The number of ether oxygens (including phenoxy) is 1. The molecule has 0 bridgehead atoms. The molecular formula is C19H21FN2O2. The lowest BCUT2D eigenvalue weighted by Crippen LogP contribution is -2.55. The van der Waals surface area contributed by atoms with Gasteiger partial charge in [-0.2, -0.15) is 0 Å². The highest BCUT2D eigenvalue weighted by Gasteiger charge is 2.33. The molecule has 5 heteroatoms. The smallest absolute Gasteiger partial charge is 0.244 e. The van der Waals surface area contributed by atoms with E-state index in [1.54, 1.807) is 24.1 Å². The largest absolute Gasteiger partial charge is 0.495 e. The number of hydrogen-bond acceptors (Lipinski definition) is 3. The highest BCUT2D eigenvalue weighted by Crippen LogP contribution is 2.30. The van der Waals surface area contributed by atoms with Crippen LogP contribution in [0.15, 0.2) is 48.5 Å². The number of amides is 1. The molecule has 0 spiro atoms. The number of para-hydroxylation sites is 2. The number of methoxy groups -OCH3 is 1. The van der Waals surface area contributed by atoms with Crippen LogP contribution in [0.5, 0.6) is 5.75 Å². The fourth-order valence-corrected chi connectivity index (χ4v) is 3.07. The second-order valence-electron chi connectivity index (χ2n) is 5.90. The van der Waals surface area contributed by atoms with E-state index in [9.17, 15) is 9.18 Å². The van der Waals surface area contributed by atoms with E-state index in [1.807, 2.05) is 42.2 Å². The van der Waals surface area contributed by atoms with Crippen molar-refractivity contribution in [3.05, 3.63) is 59.9 Å². The summed E-state index contributed by atoms with van der Waals surface area (Å²) in [4.78, 5) is 16.6. The molecule has 0 aliphatic carbocycles. The zero-order valence-corrected chi connectivity index (χ0v) is 13.9. The summed E-state index contributed by atoms with van der Waals surface area (Å²) in [7, 11) is 1.60. The van der Waals surface area contributed by atoms with Crippen molar-refractivity contribution in [1.29, 1.82) is 0 Å². The second-order valence-corrected chi connectivity index (χ2v) is 5.90.